The molecule has 1 aliphatic heterocycles. The maximum atomic E-state index is 12.3. The third-order valence-corrected chi connectivity index (χ3v) is 5.35. The first-order chi connectivity index (χ1) is 12.1. The topological polar surface area (TPSA) is 79.4 Å². The van der Waals surface area contributed by atoms with Crippen molar-refractivity contribution in [2.45, 2.75) is 0 Å². The van der Waals surface area contributed by atoms with Gasteiger partial charge in [0, 0.05) is 5.38 Å². The number of nitrogens with zero attached hydrogens (tertiary/aromatic N) is 2. The fourth-order valence-corrected chi connectivity index (χ4v) is 4.04. The molecule has 1 aliphatic rings. The number of thiophene rings is 1. The fourth-order valence-electron chi connectivity index (χ4n) is 2.55. The molecule has 1 N–H and O–H groups in total. The highest BCUT2D eigenvalue weighted by atomic mass is 32.1. The Morgan fingerprint density at radius 3 is 2.40 bits per heavy atom. The highest BCUT2D eigenvalue weighted by molar-refractivity contribution is 7.16. The SMILES string of the molecule is O=C(CN1C(=O)c2ccccc2C1=O)Nc1nc(-c2cccs2)cs1. The molecule has 25 heavy (non-hydrogen) atoms. The van der Waals surface area contributed by atoms with Gasteiger partial charge in [-0.15, -0.1) is 22.7 Å². The molecule has 1 aromatic carbocycles. The summed E-state index contributed by atoms with van der Waals surface area (Å²) < 4.78 is 0. The largest absolute Gasteiger partial charge is 0.300 e. The summed E-state index contributed by atoms with van der Waals surface area (Å²) in [6, 6.07) is 10.4. The van der Waals surface area contributed by atoms with Crippen LogP contribution < -0.4 is 5.32 Å². The number of rotatable bonds is 4. The van der Waals surface area contributed by atoms with Crippen molar-refractivity contribution in [3.05, 3.63) is 58.3 Å². The van der Waals surface area contributed by atoms with Crippen LogP contribution in [0.15, 0.2) is 47.2 Å². The number of nitrogens with one attached hydrogen (secondary N) is 1. The van der Waals surface area contributed by atoms with E-state index in [0.717, 1.165) is 15.5 Å². The van der Waals surface area contributed by atoms with Gasteiger partial charge < -0.3 is 5.32 Å². The van der Waals surface area contributed by atoms with Gasteiger partial charge in [0.25, 0.3) is 11.8 Å². The molecule has 3 heterocycles. The van der Waals surface area contributed by atoms with E-state index in [9.17, 15) is 14.4 Å². The van der Waals surface area contributed by atoms with Crippen LogP contribution in [0.25, 0.3) is 10.6 Å². The third kappa shape index (κ3) is 2.86. The smallest absolute Gasteiger partial charge is 0.262 e. The van der Waals surface area contributed by atoms with E-state index < -0.39 is 17.7 Å². The average Bonchev–Trinajstić information content (AvgIpc) is 3.33. The Morgan fingerprint density at radius 1 is 1.04 bits per heavy atom. The first kappa shape index (κ1) is 15.7. The first-order valence-electron chi connectivity index (χ1n) is 7.38. The second-order valence-corrected chi connectivity index (χ2v) is 7.11. The van der Waals surface area contributed by atoms with E-state index in [0.29, 0.717) is 16.3 Å². The molecule has 0 saturated carbocycles. The van der Waals surface area contributed by atoms with Gasteiger partial charge in [-0.1, -0.05) is 18.2 Å². The van der Waals surface area contributed by atoms with Gasteiger partial charge in [-0.2, -0.15) is 0 Å². The molecule has 0 unspecified atom stereocenters. The summed E-state index contributed by atoms with van der Waals surface area (Å²) in [5.41, 5.74) is 1.44. The summed E-state index contributed by atoms with van der Waals surface area (Å²) in [6.45, 7) is -0.333. The van der Waals surface area contributed by atoms with E-state index in [1.807, 2.05) is 22.9 Å². The highest BCUT2D eigenvalue weighted by Gasteiger charge is 2.36. The molecule has 124 valence electrons. The van der Waals surface area contributed by atoms with Crippen LogP contribution in [-0.2, 0) is 4.79 Å². The van der Waals surface area contributed by atoms with Crippen molar-refractivity contribution in [2.75, 3.05) is 11.9 Å². The molecular formula is C17H11N3O3S2. The molecule has 3 aromatic rings. The summed E-state index contributed by atoms with van der Waals surface area (Å²) in [5.74, 6) is -1.36. The van der Waals surface area contributed by atoms with Crippen molar-refractivity contribution >= 4 is 45.5 Å². The molecular weight excluding hydrogens is 358 g/mol. The number of aromatic nitrogens is 1. The molecule has 3 amide bonds. The van der Waals surface area contributed by atoms with E-state index in [4.69, 9.17) is 0 Å². The van der Waals surface area contributed by atoms with Crippen molar-refractivity contribution in [3.63, 3.8) is 0 Å². The molecule has 0 fully saturated rings. The van der Waals surface area contributed by atoms with E-state index in [-0.39, 0.29) is 6.54 Å². The zero-order valence-corrected chi connectivity index (χ0v) is 14.4. The Labute approximate surface area is 150 Å². The van der Waals surface area contributed by atoms with Gasteiger partial charge in [0.05, 0.1) is 21.7 Å². The molecule has 0 spiro atoms. The number of amides is 3. The normalized spacial score (nSPS) is 13.2. The summed E-state index contributed by atoms with van der Waals surface area (Å²) in [4.78, 5) is 43.1. The lowest BCUT2D eigenvalue weighted by Gasteiger charge is -2.12. The Bertz CT molecular complexity index is 944. The number of hydrogen-bond acceptors (Lipinski definition) is 6. The van der Waals surface area contributed by atoms with Crippen LogP contribution in [0.5, 0.6) is 0 Å². The summed E-state index contributed by atoms with van der Waals surface area (Å²) >= 11 is 2.86. The maximum Gasteiger partial charge on any atom is 0.262 e. The Morgan fingerprint density at radius 2 is 1.76 bits per heavy atom. The number of thiazole rings is 1. The number of hydrogen-bond donors (Lipinski definition) is 1. The van der Waals surface area contributed by atoms with Gasteiger partial charge >= 0.3 is 0 Å². The number of benzene rings is 1. The van der Waals surface area contributed by atoms with Crippen molar-refractivity contribution in [1.82, 2.24) is 9.88 Å². The molecule has 0 aliphatic carbocycles. The van der Waals surface area contributed by atoms with Crippen LogP contribution in [-0.4, -0.2) is 34.2 Å². The Kier molecular flexibility index (Phi) is 3.90. The molecule has 2 aromatic heterocycles. The predicted molar refractivity (Wildman–Crippen MR) is 95.9 cm³/mol. The monoisotopic (exact) mass is 369 g/mol. The van der Waals surface area contributed by atoms with Gasteiger partial charge in [-0.3, -0.25) is 19.3 Å². The number of fused-ring (bicyclic) bond motifs is 1. The standard InChI is InChI=1S/C17H11N3O3S2/c21-14(19-17-18-12(9-25-17)13-6-3-7-24-13)8-20-15(22)10-4-1-2-5-11(10)16(20)23/h1-7,9H,8H2,(H,18,19,21). The molecule has 0 atom stereocenters. The Hall–Kier alpha value is -2.84. The minimum absolute atomic E-state index is 0.328. The van der Waals surface area contributed by atoms with Crippen molar-refractivity contribution in [1.29, 1.82) is 0 Å². The summed E-state index contributed by atoms with van der Waals surface area (Å²) in [6.07, 6.45) is 0. The third-order valence-electron chi connectivity index (χ3n) is 3.70. The van der Waals surface area contributed by atoms with Crippen LogP contribution in [0.3, 0.4) is 0 Å². The molecule has 0 saturated heterocycles. The molecule has 4 rings (SSSR count). The molecule has 0 radical (unpaired) electrons. The van der Waals surface area contributed by atoms with Gasteiger partial charge in [0.15, 0.2) is 5.13 Å². The fraction of sp³-hybridized carbons (Fsp3) is 0.0588. The lowest BCUT2D eigenvalue weighted by atomic mass is 10.1. The second-order valence-electron chi connectivity index (χ2n) is 5.31. The Balaban J connectivity index is 1.45. The maximum absolute atomic E-state index is 12.3. The van der Waals surface area contributed by atoms with Crippen LogP contribution >= 0.6 is 22.7 Å². The minimum Gasteiger partial charge on any atom is -0.300 e. The number of carbonyl (C=O) groups is 3. The zero-order chi connectivity index (χ0) is 17.4. The van der Waals surface area contributed by atoms with Gasteiger partial charge in [0.1, 0.15) is 6.54 Å². The number of imide groups is 1. The van der Waals surface area contributed by atoms with Crippen LogP contribution in [0.2, 0.25) is 0 Å². The van der Waals surface area contributed by atoms with Gasteiger partial charge in [0.2, 0.25) is 5.91 Å². The van der Waals surface area contributed by atoms with Crippen LogP contribution in [0, 0.1) is 0 Å². The van der Waals surface area contributed by atoms with Crippen molar-refractivity contribution in [2.24, 2.45) is 0 Å². The summed E-state index contributed by atoms with van der Waals surface area (Å²) in [7, 11) is 0. The second kappa shape index (κ2) is 6.23. The van der Waals surface area contributed by atoms with Crippen molar-refractivity contribution < 1.29 is 14.4 Å². The molecule has 6 nitrogen and oxygen atoms in total. The molecule has 0 bridgehead atoms. The van der Waals surface area contributed by atoms with Gasteiger partial charge in [-0.25, -0.2) is 4.98 Å². The highest BCUT2D eigenvalue weighted by Crippen LogP contribution is 2.28. The van der Waals surface area contributed by atoms with E-state index in [1.165, 1.54) is 11.3 Å². The lowest BCUT2D eigenvalue weighted by molar-refractivity contribution is -0.116. The number of anilines is 1. The predicted octanol–water partition coefficient (Wildman–Crippen LogP) is 3.11. The average molecular weight is 369 g/mol. The van der Waals surface area contributed by atoms with Crippen LogP contribution in [0.4, 0.5) is 5.13 Å². The van der Waals surface area contributed by atoms with Gasteiger partial charge in [-0.05, 0) is 23.6 Å². The van der Waals surface area contributed by atoms with E-state index >= 15 is 0 Å². The minimum atomic E-state index is -0.457. The van der Waals surface area contributed by atoms with Crippen LogP contribution in [0.1, 0.15) is 20.7 Å². The lowest BCUT2D eigenvalue weighted by Crippen LogP contribution is -2.37. The quantitative estimate of drug-likeness (QED) is 0.717. The van der Waals surface area contributed by atoms with Crippen molar-refractivity contribution in [3.8, 4) is 10.6 Å². The number of carbonyl (C=O) groups excluding carboxylic acids is 3. The van der Waals surface area contributed by atoms with E-state index in [1.54, 1.807) is 35.6 Å². The van der Waals surface area contributed by atoms with E-state index in [2.05, 4.69) is 10.3 Å². The molecule has 8 heteroatoms. The first-order valence-corrected chi connectivity index (χ1v) is 9.14. The summed E-state index contributed by atoms with van der Waals surface area (Å²) in [5, 5.41) is 6.89. The zero-order valence-electron chi connectivity index (χ0n) is 12.8.